The summed E-state index contributed by atoms with van der Waals surface area (Å²) in [4.78, 5) is 24.2. The van der Waals surface area contributed by atoms with Crippen LogP contribution in [0.3, 0.4) is 0 Å². The van der Waals surface area contributed by atoms with Gasteiger partial charge in [0.15, 0.2) is 0 Å². The monoisotopic (exact) mass is 302 g/mol. The first-order valence-electron chi connectivity index (χ1n) is 5.98. The molecule has 0 bridgehead atoms. The molecule has 0 aliphatic carbocycles. The SMILES string of the molecule is CC[C@H](c1nnc(SCC(=O)NC(=O)OC)o1)N(C)C. The van der Waals surface area contributed by atoms with E-state index in [1.807, 2.05) is 31.2 Å². The van der Waals surface area contributed by atoms with Crippen molar-refractivity contribution in [1.29, 1.82) is 0 Å². The van der Waals surface area contributed by atoms with Crippen LogP contribution in [0.25, 0.3) is 0 Å². The van der Waals surface area contributed by atoms with Crippen LogP contribution in [0.4, 0.5) is 4.79 Å². The summed E-state index contributed by atoms with van der Waals surface area (Å²) in [5.74, 6) is 0.0183. The van der Waals surface area contributed by atoms with Crippen LogP contribution in [0.15, 0.2) is 9.64 Å². The number of amides is 2. The second-order valence-electron chi connectivity index (χ2n) is 4.12. The Kier molecular flexibility index (Phi) is 6.46. The lowest BCUT2D eigenvalue weighted by Crippen LogP contribution is -2.31. The molecule has 1 rings (SSSR count). The zero-order valence-electron chi connectivity index (χ0n) is 11.9. The Hall–Kier alpha value is -1.61. The quantitative estimate of drug-likeness (QED) is 0.779. The first-order chi connectivity index (χ1) is 9.47. The van der Waals surface area contributed by atoms with E-state index >= 15 is 0 Å². The fraction of sp³-hybridized carbons (Fsp3) is 0.636. The number of imide groups is 1. The third-order valence-electron chi connectivity index (χ3n) is 2.47. The Balaban J connectivity index is 2.52. The molecule has 0 aliphatic rings. The summed E-state index contributed by atoms with van der Waals surface area (Å²) in [5.41, 5.74) is 0. The van der Waals surface area contributed by atoms with Gasteiger partial charge in [-0.05, 0) is 20.5 Å². The Labute approximate surface area is 121 Å². The molecule has 1 atom stereocenters. The minimum absolute atomic E-state index is 0.00447. The van der Waals surface area contributed by atoms with Crippen LogP contribution in [-0.4, -0.2) is 54.1 Å². The van der Waals surface area contributed by atoms with Gasteiger partial charge >= 0.3 is 6.09 Å². The van der Waals surface area contributed by atoms with Gasteiger partial charge in [0.25, 0.3) is 5.22 Å². The van der Waals surface area contributed by atoms with Crippen LogP contribution >= 0.6 is 11.8 Å². The van der Waals surface area contributed by atoms with Gasteiger partial charge in [0.05, 0.1) is 18.9 Å². The van der Waals surface area contributed by atoms with Crippen molar-refractivity contribution >= 4 is 23.8 Å². The van der Waals surface area contributed by atoms with Gasteiger partial charge in [-0.3, -0.25) is 15.0 Å². The molecule has 1 aromatic heterocycles. The largest absolute Gasteiger partial charge is 0.453 e. The first kappa shape index (κ1) is 16.4. The van der Waals surface area contributed by atoms with Crippen molar-refractivity contribution in [1.82, 2.24) is 20.4 Å². The van der Waals surface area contributed by atoms with Gasteiger partial charge < -0.3 is 9.15 Å². The maximum Gasteiger partial charge on any atom is 0.413 e. The summed E-state index contributed by atoms with van der Waals surface area (Å²) >= 11 is 1.06. The highest BCUT2D eigenvalue weighted by molar-refractivity contribution is 7.99. The predicted molar refractivity (Wildman–Crippen MR) is 72.3 cm³/mol. The zero-order valence-corrected chi connectivity index (χ0v) is 12.7. The van der Waals surface area contributed by atoms with Crippen molar-refractivity contribution in [2.24, 2.45) is 0 Å². The first-order valence-corrected chi connectivity index (χ1v) is 6.96. The normalized spacial score (nSPS) is 12.2. The molecule has 20 heavy (non-hydrogen) atoms. The third kappa shape index (κ3) is 4.82. The molecule has 0 aromatic carbocycles. The lowest BCUT2D eigenvalue weighted by atomic mass is 10.2. The number of methoxy groups -OCH3 is 1. The predicted octanol–water partition coefficient (Wildman–Crippen LogP) is 1.06. The number of nitrogens with zero attached hydrogens (tertiary/aromatic N) is 3. The average molecular weight is 302 g/mol. The van der Waals surface area contributed by atoms with Crippen molar-refractivity contribution in [3.8, 4) is 0 Å². The number of ether oxygens (including phenoxy) is 1. The van der Waals surface area contributed by atoms with Crippen molar-refractivity contribution in [3.63, 3.8) is 0 Å². The van der Waals surface area contributed by atoms with Gasteiger partial charge in [-0.25, -0.2) is 4.79 Å². The van der Waals surface area contributed by atoms with E-state index in [-0.39, 0.29) is 11.8 Å². The highest BCUT2D eigenvalue weighted by atomic mass is 32.2. The molecular formula is C11H18N4O4S. The molecule has 0 aliphatic heterocycles. The van der Waals surface area contributed by atoms with Gasteiger partial charge in [0, 0.05) is 0 Å². The molecule has 112 valence electrons. The molecule has 2 amide bonds. The fourth-order valence-electron chi connectivity index (χ4n) is 1.50. The molecule has 1 aromatic rings. The fourth-order valence-corrected chi connectivity index (χ4v) is 2.07. The van der Waals surface area contributed by atoms with E-state index in [0.717, 1.165) is 18.2 Å². The number of hydrogen-bond donors (Lipinski definition) is 1. The lowest BCUT2D eigenvalue weighted by Gasteiger charge is -2.18. The van der Waals surface area contributed by atoms with Crippen molar-refractivity contribution in [2.45, 2.75) is 24.6 Å². The number of hydrogen-bond acceptors (Lipinski definition) is 8. The van der Waals surface area contributed by atoms with Crippen molar-refractivity contribution < 1.29 is 18.7 Å². The maximum absolute atomic E-state index is 11.4. The summed E-state index contributed by atoms with van der Waals surface area (Å²) in [6.45, 7) is 2.02. The average Bonchev–Trinajstić information content (AvgIpc) is 2.85. The molecule has 0 saturated carbocycles. The molecule has 1 heterocycles. The second-order valence-corrected chi connectivity index (χ2v) is 5.05. The van der Waals surface area contributed by atoms with Crippen LogP contribution in [0.1, 0.15) is 25.3 Å². The van der Waals surface area contributed by atoms with Gasteiger partial charge in [0.1, 0.15) is 0 Å². The summed E-state index contributed by atoms with van der Waals surface area (Å²) in [5, 5.41) is 10.2. The van der Waals surface area contributed by atoms with E-state index in [4.69, 9.17) is 4.42 Å². The number of carbonyl (C=O) groups excluding carboxylic acids is 2. The number of alkyl carbamates (subject to hydrolysis) is 1. The number of aromatic nitrogens is 2. The van der Waals surface area contributed by atoms with Crippen molar-refractivity contribution in [3.05, 3.63) is 5.89 Å². The number of thioether (sulfide) groups is 1. The van der Waals surface area contributed by atoms with E-state index in [0.29, 0.717) is 11.1 Å². The highest BCUT2D eigenvalue weighted by Crippen LogP contribution is 2.23. The minimum Gasteiger partial charge on any atom is -0.453 e. The van der Waals surface area contributed by atoms with Gasteiger partial charge in [-0.1, -0.05) is 18.7 Å². The molecule has 8 nitrogen and oxygen atoms in total. The molecule has 1 N–H and O–H groups in total. The van der Waals surface area contributed by atoms with Crippen LogP contribution in [-0.2, 0) is 9.53 Å². The Morgan fingerprint density at radius 2 is 2.15 bits per heavy atom. The van der Waals surface area contributed by atoms with Gasteiger partial charge in [-0.2, -0.15) is 0 Å². The lowest BCUT2D eigenvalue weighted by molar-refractivity contribution is -0.117. The topological polar surface area (TPSA) is 97.6 Å². The van der Waals surface area contributed by atoms with Crippen LogP contribution in [0.2, 0.25) is 0 Å². The van der Waals surface area contributed by atoms with E-state index in [1.165, 1.54) is 7.11 Å². The van der Waals surface area contributed by atoms with Gasteiger partial charge in [0.2, 0.25) is 11.8 Å². The maximum atomic E-state index is 11.4. The Morgan fingerprint density at radius 3 is 2.70 bits per heavy atom. The molecule has 9 heteroatoms. The van der Waals surface area contributed by atoms with E-state index in [2.05, 4.69) is 14.9 Å². The third-order valence-corrected chi connectivity index (χ3v) is 3.29. The number of rotatable bonds is 6. The van der Waals surface area contributed by atoms with E-state index in [1.54, 1.807) is 0 Å². The summed E-state index contributed by atoms with van der Waals surface area (Å²) in [7, 11) is 5.04. The van der Waals surface area contributed by atoms with E-state index in [9.17, 15) is 9.59 Å². The molecule has 0 fully saturated rings. The van der Waals surface area contributed by atoms with E-state index < -0.39 is 12.0 Å². The Bertz CT molecular complexity index is 463. The zero-order chi connectivity index (χ0) is 15.1. The van der Waals surface area contributed by atoms with Crippen LogP contribution in [0.5, 0.6) is 0 Å². The molecule has 0 spiro atoms. The smallest absolute Gasteiger partial charge is 0.413 e. The summed E-state index contributed by atoms with van der Waals surface area (Å²) in [6, 6.07) is 0.0424. The van der Waals surface area contributed by atoms with Gasteiger partial charge in [-0.15, -0.1) is 10.2 Å². The highest BCUT2D eigenvalue weighted by Gasteiger charge is 2.19. The van der Waals surface area contributed by atoms with Crippen molar-refractivity contribution in [2.75, 3.05) is 27.0 Å². The Morgan fingerprint density at radius 1 is 1.45 bits per heavy atom. The number of nitrogens with one attached hydrogen (secondary N) is 1. The molecular weight excluding hydrogens is 284 g/mol. The van der Waals surface area contributed by atoms with Crippen LogP contribution < -0.4 is 5.32 Å². The van der Waals surface area contributed by atoms with Crippen LogP contribution in [0, 0.1) is 0 Å². The minimum atomic E-state index is -0.791. The molecule has 0 saturated heterocycles. The molecule has 0 radical (unpaired) electrons. The molecule has 0 unspecified atom stereocenters. The second kappa shape index (κ2) is 7.85. The summed E-state index contributed by atoms with van der Waals surface area (Å²) in [6.07, 6.45) is 0.0442. The summed E-state index contributed by atoms with van der Waals surface area (Å²) < 4.78 is 9.79. The standard InChI is InChI=1S/C11H18N4O4S/c1-5-7(15(2)3)9-13-14-11(19-9)20-6-8(16)12-10(17)18-4/h7H,5-6H2,1-4H3,(H,12,16,17)/t7-/m1/s1. The number of carbonyl (C=O) groups is 2.